The van der Waals surface area contributed by atoms with E-state index in [1.807, 2.05) is 0 Å². The minimum atomic E-state index is -0.108. The van der Waals surface area contributed by atoms with E-state index in [2.05, 4.69) is 12.2 Å². The average molecular weight is 214 g/mol. The van der Waals surface area contributed by atoms with E-state index in [-0.39, 0.29) is 12.0 Å². The highest BCUT2D eigenvalue weighted by molar-refractivity contribution is 6.32. The van der Waals surface area contributed by atoms with Gasteiger partial charge in [-0.1, -0.05) is 17.7 Å². The summed E-state index contributed by atoms with van der Waals surface area (Å²) in [5.74, 6) is 0.0986. The third kappa shape index (κ3) is 1.85. The number of phenols is 1. The van der Waals surface area contributed by atoms with Gasteiger partial charge in [0.1, 0.15) is 12.0 Å². The van der Waals surface area contributed by atoms with Crippen molar-refractivity contribution in [1.82, 2.24) is 5.32 Å². The second kappa shape index (κ2) is 3.77. The van der Waals surface area contributed by atoms with Crippen molar-refractivity contribution in [2.24, 2.45) is 0 Å². The summed E-state index contributed by atoms with van der Waals surface area (Å²) in [6.45, 7) is 2.76. The number of benzene rings is 1. The molecule has 1 aromatic rings. The Balaban J connectivity index is 2.20. The molecule has 1 aliphatic heterocycles. The Bertz CT molecular complexity index is 343. The van der Waals surface area contributed by atoms with Crippen LogP contribution in [0.2, 0.25) is 5.02 Å². The molecule has 0 saturated carbocycles. The Hall–Kier alpha value is -0.770. The van der Waals surface area contributed by atoms with Crippen molar-refractivity contribution in [3.05, 3.63) is 28.8 Å². The normalized spacial score (nSPS) is 26.7. The molecule has 14 heavy (non-hydrogen) atoms. The number of phenolic OH excluding ortho intramolecular Hbond substituents is 1. The van der Waals surface area contributed by atoms with Crippen LogP contribution in [0.5, 0.6) is 5.75 Å². The van der Waals surface area contributed by atoms with Crippen molar-refractivity contribution in [3.8, 4) is 5.75 Å². The Morgan fingerprint density at radius 3 is 2.93 bits per heavy atom. The largest absolute Gasteiger partial charge is 0.506 e. The van der Waals surface area contributed by atoms with Crippen LogP contribution in [-0.2, 0) is 4.74 Å². The lowest BCUT2D eigenvalue weighted by Gasteiger charge is -2.11. The Kier molecular flexibility index (Phi) is 2.63. The van der Waals surface area contributed by atoms with Gasteiger partial charge in [0.2, 0.25) is 0 Å². The van der Waals surface area contributed by atoms with Gasteiger partial charge >= 0.3 is 0 Å². The van der Waals surface area contributed by atoms with Gasteiger partial charge in [0.05, 0.1) is 11.6 Å². The summed E-state index contributed by atoms with van der Waals surface area (Å²) in [5, 5.41) is 12.9. The zero-order chi connectivity index (χ0) is 10.1. The second-order valence-electron chi connectivity index (χ2n) is 3.49. The highest BCUT2D eigenvalue weighted by Gasteiger charge is 2.22. The Labute approximate surface area is 87.6 Å². The number of aromatic hydroxyl groups is 1. The van der Waals surface area contributed by atoms with Crippen LogP contribution in [0.25, 0.3) is 0 Å². The fourth-order valence-corrected chi connectivity index (χ4v) is 1.66. The van der Waals surface area contributed by atoms with Gasteiger partial charge in [0.15, 0.2) is 0 Å². The van der Waals surface area contributed by atoms with E-state index >= 15 is 0 Å². The first kappa shape index (κ1) is 9.77. The maximum Gasteiger partial charge on any atom is 0.134 e. The summed E-state index contributed by atoms with van der Waals surface area (Å²) in [5.41, 5.74) is 0.942. The molecule has 0 bridgehead atoms. The van der Waals surface area contributed by atoms with Crippen LogP contribution in [0.4, 0.5) is 0 Å². The van der Waals surface area contributed by atoms with E-state index < -0.39 is 0 Å². The maximum atomic E-state index is 9.25. The lowest BCUT2D eigenvalue weighted by molar-refractivity contribution is 0.101. The number of ether oxygens (including phenoxy) is 1. The van der Waals surface area contributed by atoms with Crippen LogP contribution in [0.15, 0.2) is 18.2 Å². The second-order valence-corrected chi connectivity index (χ2v) is 3.90. The molecule has 3 nitrogen and oxygen atoms in total. The van der Waals surface area contributed by atoms with Crippen molar-refractivity contribution in [2.45, 2.75) is 19.2 Å². The molecular weight excluding hydrogens is 202 g/mol. The Morgan fingerprint density at radius 2 is 2.36 bits per heavy atom. The van der Waals surface area contributed by atoms with Gasteiger partial charge in [-0.3, -0.25) is 5.32 Å². The fourth-order valence-electron chi connectivity index (χ4n) is 1.47. The predicted molar refractivity (Wildman–Crippen MR) is 54.4 cm³/mol. The van der Waals surface area contributed by atoms with Crippen LogP contribution in [0.3, 0.4) is 0 Å². The van der Waals surface area contributed by atoms with Crippen LogP contribution in [-0.4, -0.2) is 17.8 Å². The maximum absolute atomic E-state index is 9.25. The van der Waals surface area contributed by atoms with E-state index in [0.29, 0.717) is 17.7 Å². The Morgan fingerprint density at radius 1 is 1.57 bits per heavy atom. The molecule has 1 saturated heterocycles. The van der Waals surface area contributed by atoms with Gasteiger partial charge in [0.25, 0.3) is 0 Å². The van der Waals surface area contributed by atoms with Gasteiger partial charge in [-0.2, -0.15) is 0 Å². The summed E-state index contributed by atoms with van der Waals surface area (Å²) in [6, 6.07) is 5.45. The third-order valence-electron chi connectivity index (χ3n) is 2.22. The lowest BCUT2D eigenvalue weighted by Crippen LogP contribution is -2.22. The van der Waals surface area contributed by atoms with Gasteiger partial charge in [0, 0.05) is 6.04 Å². The molecule has 0 aliphatic carbocycles. The molecule has 2 atom stereocenters. The topological polar surface area (TPSA) is 41.5 Å². The smallest absolute Gasteiger partial charge is 0.134 e. The minimum Gasteiger partial charge on any atom is -0.506 e. The first-order valence-electron chi connectivity index (χ1n) is 4.53. The van der Waals surface area contributed by atoms with E-state index in [9.17, 15) is 5.11 Å². The molecule has 0 aromatic heterocycles. The quantitative estimate of drug-likeness (QED) is 0.750. The lowest BCUT2D eigenvalue weighted by atomic mass is 10.2. The average Bonchev–Trinajstić information content (AvgIpc) is 2.57. The monoisotopic (exact) mass is 213 g/mol. The number of rotatable bonds is 1. The number of hydrogen-bond donors (Lipinski definition) is 2. The SMILES string of the molecule is CC1COC(c2ccc(O)c(Cl)c2)N1. The van der Waals surface area contributed by atoms with Gasteiger partial charge in [-0.25, -0.2) is 0 Å². The van der Waals surface area contributed by atoms with Crippen molar-refractivity contribution < 1.29 is 9.84 Å². The van der Waals surface area contributed by atoms with E-state index in [1.165, 1.54) is 0 Å². The van der Waals surface area contributed by atoms with Crippen molar-refractivity contribution in [1.29, 1.82) is 0 Å². The van der Waals surface area contributed by atoms with E-state index in [1.54, 1.807) is 18.2 Å². The zero-order valence-electron chi connectivity index (χ0n) is 7.83. The van der Waals surface area contributed by atoms with E-state index in [0.717, 1.165) is 5.56 Å². The highest BCUT2D eigenvalue weighted by atomic mass is 35.5. The molecule has 1 fully saturated rings. The van der Waals surface area contributed by atoms with Crippen LogP contribution in [0.1, 0.15) is 18.7 Å². The van der Waals surface area contributed by atoms with Crippen LogP contribution < -0.4 is 5.32 Å². The molecule has 0 radical (unpaired) electrons. The number of hydrogen-bond acceptors (Lipinski definition) is 3. The predicted octanol–water partition coefficient (Wildman–Crippen LogP) is 2.05. The summed E-state index contributed by atoms with van der Waals surface area (Å²) >= 11 is 5.80. The van der Waals surface area contributed by atoms with Gasteiger partial charge in [-0.05, 0) is 24.6 Å². The summed E-state index contributed by atoms with van der Waals surface area (Å²) in [7, 11) is 0. The fraction of sp³-hybridized carbons (Fsp3) is 0.400. The van der Waals surface area contributed by atoms with Crippen LogP contribution >= 0.6 is 11.6 Å². The van der Waals surface area contributed by atoms with E-state index in [4.69, 9.17) is 16.3 Å². The standard InChI is InChI=1S/C10H12ClNO2/c1-6-5-14-10(12-6)7-2-3-9(13)8(11)4-7/h2-4,6,10,12-13H,5H2,1H3. The summed E-state index contributed by atoms with van der Waals surface area (Å²) < 4.78 is 5.49. The molecule has 2 unspecified atom stereocenters. The van der Waals surface area contributed by atoms with Gasteiger partial charge in [-0.15, -0.1) is 0 Å². The van der Waals surface area contributed by atoms with Crippen LogP contribution in [0, 0.1) is 0 Å². The summed E-state index contributed by atoms with van der Waals surface area (Å²) in [6.07, 6.45) is -0.108. The first-order valence-corrected chi connectivity index (χ1v) is 4.90. The van der Waals surface area contributed by atoms with Crippen molar-refractivity contribution >= 4 is 11.6 Å². The molecule has 76 valence electrons. The number of nitrogens with one attached hydrogen (secondary N) is 1. The molecule has 0 amide bonds. The molecule has 1 aromatic carbocycles. The van der Waals surface area contributed by atoms with Crippen molar-refractivity contribution in [2.75, 3.05) is 6.61 Å². The van der Waals surface area contributed by atoms with Gasteiger partial charge < -0.3 is 9.84 Å². The molecule has 1 heterocycles. The molecule has 0 spiro atoms. The molecule has 2 N–H and O–H groups in total. The highest BCUT2D eigenvalue weighted by Crippen LogP contribution is 2.28. The number of halogens is 1. The minimum absolute atomic E-state index is 0.0986. The van der Waals surface area contributed by atoms with Crippen molar-refractivity contribution in [3.63, 3.8) is 0 Å². The summed E-state index contributed by atoms with van der Waals surface area (Å²) in [4.78, 5) is 0. The molecule has 2 rings (SSSR count). The molecular formula is C10H12ClNO2. The molecule has 1 aliphatic rings. The molecule has 4 heteroatoms. The first-order chi connectivity index (χ1) is 6.66. The zero-order valence-corrected chi connectivity index (χ0v) is 8.58. The third-order valence-corrected chi connectivity index (χ3v) is 2.53.